The van der Waals surface area contributed by atoms with E-state index >= 15 is 0 Å². The van der Waals surface area contributed by atoms with Gasteiger partial charge in [0.2, 0.25) is 0 Å². The van der Waals surface area contributed by atoms with Crippen molar-refractivity contribution in [2.75, 3.05) is 0 Å². The molecule has 1 aliphatic heterocycles. The van der Waals surface area contributed by atoms with E-state index in [2.05, 4.69) is 11.9 Å². The Kier molecular flexibility index (Phi) is 5.07. The minimum absolute atomic E-state index is 0.0372. The Bertz CT molecular complexity index is 329. The maximum Gasteiger partial charge on any atom is 0.334 e. The van der Waals surface area contributed by atoms with Gasteiger partial charge in [-0.25, -0.2) is 4.99 Å². The normalized spacial score (nSPS) is 24.6. The molecular weight excluding hydrogens is 216 g/mol. The van der Waals surface area contributed by atoms with E-state index in [9.17, 15) is 10.1 Å². The molecule has 4 heteroatoms. The first-order chi connectivity index (χ1) is 8.17. The first-order valence-electron chi connectivity index (χ1n) is 6.21. The number of allylic oxidation sites excluding steroid dienone is 3. The molecule has 17 heavy (non-hydrogen) atoms. The minimum atomic E-state index is -1.27. The lowest BCUT2D eigenvalue weighted by molar-refractivity contribution is -0.564. The maximum absolute atomic E-state index is 11.4. The SMILES string of the molecule is CCCCC(CC)C1([N+](=O)[O-])C=CC=CC=N1. The zero-order chi connectivity index (χ0) is 12.7. The van der Waals surface area contributed by atoms with Crippen LogP contribution < -0.4 is 0 Å². The summed E-state index contributed by atoms with van der Waals surface area (Å²) in [6.45, 7) is 4.09. The number of rotatable bonds is 6. The first kappa shape index (κ1) is 13.6. The van der Waals surface area contributed by atoms with Crippen LogP contribution in [0, 0.1) is 16.0 Å². The van der Waals surface area contributed by atoms with Crippen LogP contribution in [0.5, 0.6) is 0 Å². The second kappa shape index (κ2) is 6.33. The highest BCUT2D eigenvalue weighted by atomic mass is 16.6. The molecule has 0 aromatic carbocycles. The Morgan fingerprint density at radius 2 is 2.12 bits per heavy atom. The Morgan fingerprint density at radius 3 is 2.71 bits per heavy atom. The third-order valence-electron chi connectivity index (χ3n) is 3.22. The number of hydrogen-bond acceptors (Lipinski definition) is 3. The van der Waals surface area contributed by atoms with Crippen LogP contribution in [0.15, 0.2) is 29.3 Å². The average molecular weight is 236 g/mol. The van der Waals surface area contributed by atoms with Crippen LogP contribution in [0.3, 0.4) is 0 Å². The fourth-order valence-corrected chi connectivity index (χ4v) is 2.18. The molecular formula is C13H20N2O2. The fourth-order valence-electron chi connectivity index (χ4n) is 2.18. The molecule has 1 heterocycles. The second-order valence-corrected chi connectivity index (χ2v) is 4.31. The highest BCUT2D eigenvalue weighted by Crippen LogP contribution is 2.32. The van der Waals surface area contributed by atoms with Gasteiger partial charge in [-0.1, -0.05) is 38.8 Å². The second-order valence-electron chi connectivity index (χ2n) is 4.31. The zero-order valence-electron chi connectivity index (χ0n) is 10.5. The summed E-state index contributed by atoms with van der Waals surface area (Å²) < 4.78 is 0. The van der Waals surface area contributed by atoms with E-state index in [0.29, 0.717) is 0 Å². The van der Waals surface area contributed by atoms with Gasteiger partial charge in [-0.2, -0.15) is 0 Å². The van der Waals surface area contributed by atoms with Crippen LogP contribution in [-0.2, 0) is 0 Å². The van der Waals surface area contributed by atoms with Crippen molar-refractivity contribution in [1.29, 1.82) is 0 Å². The predicted molar refractivity (Wildman–Crippen MR) is 69.8 cm³/mol. The lowest BCUT2D eigenvalue weighted by Crippen LogP contribution is -2.42. The van der Waals surface area contributed by atoms with Crippen LogP contribution in [0.1, 0.15) is 39.5 Å². The number of nitrogens with zero attached hydrogens (tertiary/aromatic N) is 2. The van der Waals surface area contributed by atoms with Crippen molar-refractivity contribution < 1.29 is 4.92 Å². The molecule has 0 bridgehead atoms. The monoisotopic (exact) mass is 236 g/mol. The van der Waals surface area contributed by atoms with E-state index in [0.717, 1.165) is 25.7 Å². The van der Waals surface area contributed by atoms with Gasteiger partial charge >= 0.3 is 5.66 Å². The topological polar surface area (TPSA) is 55.5 Å². The van der Waals surface area contributed by atoms with Crippen LogP contribution in [0.2, 0.25) is 0 Å². The Morgan fingerprint density at radius 1 is 1.35 bits per heavy atom. The first-order valence-corrected chi connectivity index (χ1v) is 6.21. The van der Waals surface area contributed by atoms with E-state index in [4.69, 9.17) is 0 Å². The van der Waals surface area contributed by atoms with Crippen LogP contribution in [0.25, 0.3) is 0 Å². The summed E-state index contributed by atoms with van der Waals surface area (Å²) in [4.78, 5) is 15.3. The summed E-state index contributed by atoms with van der Waals surface area (Å²) in [6.07, 6.45) is 12.1. The van der Waals surface area contributed by atoms with Gasteiger partial charge in [-0.05, 0) is 18.9 Å². The lowest BCUT2D eigenvalue weighted by atomic mass is 9.86. The molecule has 0 aromatic heterocycles. The van der Waals surface area contributed by atoms with Gasteiger partial charge in [-0.3, -0.25) is 10.1 Å². The molecule has 4 nitrogen and oxygen atoms in total. The van der Waals surface area contributed by atoms with E-state index in [1.807, 2.05) is 6.92 Å². The minimum Gasteiger partial charge on any atom is -0.262 e. The van der Waals surface area contributed by atoms with Crippen LogP contribution in [0.4, 0.5) is 0 Å². The molecule has 0 spiro atoms. The van der Waals surface area contributed by atoms with Gasteiger partial charge in [0.05, 0.1) is 10.8 Å². The molecule has 0 aliphatic carbocycles. The number of unbranched alkanes of at least 4 members (excludes halogenated alkanes) is 1. The van der Waals surface area contributed by atoms with Crippen molar-refractivity contribution in [3.05, 3.63) is 34.4 Å². The van der Waals surface area contributed by atoms with E-state index in [-0.39, 0.29) is 10.8 Å². The molecule has 0 saturated carbocycles. The third-order valence-corrected chi connectivity index (χ3v) is 3.22. The summed E-state index contributed by atoms with van der Waals surface area (Å²) in [5, 5.41) is 11.4. The zero-order valence-corrected chi connectivity index (χ0v) is 10.5. The van der Waals surface area contributed by atoms with Crippen molar-refractivity contribution in [2.24, 2.45) is 10.9 Å². The summed E-state index contributed by atoms with van der Waals surface area (Å²) in [7, 11) is 0. The third kappa shape index (κ3) is 3.02. The largest absolute Gasteiger partial charge is 0.334 e. The summed E-state index contributed by atoms with van der Waals surface area (Å²) in [5.41, 5.74) is -1.27. The number of hydrogen-bond donors (Lipinski definition) is 0. The lowest BCUT2D eigenvalue weighted by Gasteiger charge is -2.26. The fraction of sp³-hybridized carbons (Fsp3) is 0.615. The number of nitro groups is 1. The highest BCUT2D eigenvalue weighted by Gasteiger charge is 2.46. The van der Waals surface area contributed by atoms with Gasteiger partial charge in [0, 0.05) is 12.3 Å². The molecule has 94 valence electrons. The van der Waals surface area contributed by atoms with Crippen molar-refractivity contribution in [3.8, 4) is 0 Å². The van der Waals surface area contributed by atoms with Crippen molar-refractivity contribution in [1.82, 2.24) is 0 Å². The average Bonchev–Trinajstić information content (AvgIpc) is 2.57. The molecule has 1 rings (SSSR count). The predicted octanol–water partition coefficient (Wildman–Crippen LogP) is 3.37. The van der Waals surface area contributed by atoms with Crippen molar-refractivity contribution in [2.45, 2.75) is 45.2 Å². The summed E-state index contributed by atoms with van der Waals surface area (Å²) in [5.74, 6) is -0.0372. The van der Waals surface area contributed by atoms with Gasteiger partial charge in [0.25, 0.3) is 0 Å². The van der Waals surface area contributed by atoms with Crippen molar-refractivity contribution >= 4 is 6.21 Å². The van der Waals surface area contributed by atoms with Gasteiger partial charge in [-0.15, -0.1) is 0 Å². The Labute approximate surface area is 102 Å². The maximum atomic E-state index is 11.4. The smallest absolute Gasteiger partial charge is 0.262 e. The molecule has 0 fully saturated rings. The summed E-state index contributed by atoms with van der Waals surface area (Å²) >= 11 is 0. The van der Waals surface area contributed by atoms with Crippen LogP contribution in [-0.4, -0.2) is 16.8 Å². The molecule has 0 aromatic rings. The van der Waals surface area contributed by atoms with Gasteiger partial charge < -0.3 is 0 Å². The molecule has 2 unspecified atom stereocenters. The molecule has 1 aliphatic rings. The van der Waals surface area contributed by atoms with Crippen molar-refractivity contribution in [3.63, 3.8) is 0 Å². The molecule has 2 atom stereocenters. The summed E-state index contributed by atoms with van der Waals surface area (Å²) in [6, 6.07) is 0. The molecule has 0 radical (unpaired) electrons. The van der Waals surface area contributed by atoms with Gasteiger partial charge in [0.15, 0.2) is 0 Å². The van der Waals surface area contributed by atoms with E-state index in [1.165, 1.54) is 6.21 Å². The van der Waals surface area contributed by atoms with E-state index < -0.39 is 5.66 Å². The quantitative estimate of drug-likeness (QED) is 0.524. The van der Waals surface area contributed by atoms with E-state index in [1.54, 1.807) is 24.3 Å². The highest BCUT2D eigenvalue weighted by molar-refractivity contribution is 5.72. The molecule has 0 saturated heterocycles. The van der Waals surface area contributed by atoms with Gasteiger partial charge in [0.1, 0.15) is 0 Å². The van der Waals surface area contributed by atoms with Crippen LogP contribution >= 0.6 is 0 Å². The Balaban J connectivity index is 3.01. The Hall–Kier alpha value is -1.45. The number of aliphatic imine (C=N–C) groups is 1. The standard InChI is InChI=1S/C13H20N2O2/c1-3-5-9-12(4-2)13(15(16)17)10-7-6-8-11-14-13/h6-8,10-12H,3-5,9H2,1-2H3. The molecule has 0 N–H and O–H groups in total. The molecule has 0 amide bonds.